The van der Waals surface area contributed by atoms with Gasteiger partial charge in [0.1, 0.15) is 23.6 Å². The minimum Gasteiger partial charge on any atom is -0.345 e. The van der Waals surface area contributed by atoms with Crippen LogP contribution in [0.3, 0.4) is 0 Å². The fourth-order valence-electron chi connectivity index (χ4n) is 2.55. The van der Waals surface area contributed by atoms with Crippen LogP contribution in [0.25, 0.3) is 11.0 Å². The van der Waals surface area contributed by atoms with Crippen LogP contribution in [0.15, 0.2) is 35.1 Å². The van der Waals surface area contributed by atoms with E-state index in [-0.39, 0.29) is 17.7 Å². The van der Waals surface area contributed by atoms with Gasteiger partial charge in [-0.1, -0.05) is 0 Å². The first-order valence-electron chi connectivity index (χ1n) is 7.68. The van der Waals surface area contributed by atoms with Crippen molar-refractivity contribution in [1.82, 2.24) is 9.97 Å². The average molecular weight is 457 g/mol. The third kappa shape index (κ3) is 3.81. The summed E-state index contributed by atoms with van der Waals surface area (Å²) in [7, 11) is -3.87. The molecule has 6 nitrogen and oxygen atoms in total. The van der Waals surface area contributed by atoms with E-state index in [9.17, 15) is 22.0 Å². The van der Waals surface area contributed by atoms with Crippen LogP contribution >= 0.6 is 15.9 Å². The van der Waals surface area contributed by atoms with Crippen LogP contribution in [0.4, 0.5) is 14.5 Å². The molecule has 2 aromatic heterocycles. The van der Waals surface area contributed by atoms with E-state index in [1.54, 1.807) is 6.07 Å². The van der Waals surface area contributed by atoms with Crippen molar-refractivity contribution in [3.63, 3.8) is 0 Å². The highest BCUT2D eigenvalue weighted by Crippen LogP contribution is 2.28. The van der Waals surface area contributed by atoms with Gasteiger partial charge >= 0.3 is 0 Å². The van der Waals surface area contributed by atoms with E-state index in [1.165, 1.54) is 12.4 Å². The van der Waals surface area contributed by atoms with Crippen molar-refractivity contribution in [2.24, 2.45) is 0 Å². The van der Waals surface area contributed by atoms with E-state index >= 15 is 0 Å². The molecule has 0 aliphatic carbocycles. The molecule has 27 heavy (non-hydrogen) atoms. The Kier molecular flexibility index (Phi) is 5.20. The van der Waals surface area contributed by atoms with Gasteiger partial charge in [0.2, 0.25) is 15.8 Å². The molecule has 0 atom stereocenters. The zero-order chi connectivity index (χ0) is 19.8. The van der Waals surface area contributed by atoms with Crippen LogP contribution in [0.1, 0.15) is 22.3 Å². The maximum atomic E-state index is 14.8. The Morgan fingerprint density at radius 1 is 1.33 bits per heavy atom. The van der Waals surface area contributed by atoms with Crippen molar-refractivity contribution in [3.8, 4) is 0 Å². The molecule has 0 spiro atoms. The van der Waals surface area contributed by atoms with E-state index in [4.69, 9.17) is 0 Å². The summed E-state index contributed by atoms with van der Waals surface area (Å²) in [6, 6.07) is 3.35. The number of H-pyrrole nitrogens is 1. The Labute approximate surface area is 162 Å². The Balaban J connectivity index is 2.09. The van der Waals surface area contributed by atoms with Crippen molar-refractivity contribution in [2.75, 3.05) is 10.5 Å². The van der Waals surface area contributed by atoms with Crippen molar-refractivity contribution < 1.29 is 22.0 Å². The van der Waals surface area contributed by atoms with Gasteiger partial charge < -0.3 is 4.98 Å². The summed E-state index contributed by atoms with van der Waals surface area (Å²) in [4.78, 5) is 19.6. The van der Waals surface area contributed by atoms with E-state index in [1.807, 2.05) is 4.72 Å². The van der Waals surface area contributed by atoms with Gasteiger partial charge in [0.15, 0.2) is 5.82 Å². The van der Waals surface area contributed by atoms with Crippen LogP contribution in [0, 0.1) is 18.6 Å². The van der Waals surface area contributed by atoms with Gasteiger partial charge in [0.25, 0.3) is 0 Å². The lowest BCUT2D eigenvalue weighted by Gasteiger charge is -2.11. The Morgan fingerprint density at radius 2 is 2.07 bits per heavy atom. The molecule has 0 bridgehead atoms. The minimum atomic E-state index is -3.87. The summed E-state index contributed by atoms with van der Waals surface area (Å²) in [5.41, 5.74) is -0.984. The normalized spacial score (nSPS) is 11.7. The number of hydrogen-bond donors (Lipinski definition) is 2. The number of ketones is 1. The molecular weight excluding hydrogens is 444 g/mol. The summed E-state index contributed by atoms with van der Waals surface area (Å²) in [6.07, 6.45) is 2.87. The van der Waals surface area contributed by atoms with Gasteiger partial charge in [0.05, 0.1) is 18.2 Å². The summed E-state index contributed by atoms with van der Waals surface area (Å²) >= 11 is 3.23. The van der Waals surface area contributed by atoms with E-state index in [0.29, 0.717) is 15.5 Å². The quantitative estimate of drug-likeness (QED) is 0.435. The second kappa shape index (κ2) is 7.28. The van der Waals surface area contributed by atoms with Gasteiger partial charge in [0, 0.05) is 27.8 Å². The highest BCUT2D eigenvalue weighted by atomic mass is 79.9. The molecular formula is C17H13BrF2N3O3S+. The summed E-state index contributed by atoms with van der Waals surface area (Å²) in [6.45, 7) is 3.42. The SMILES string of the molecule is [CH2+]CCS(=O)(=O)Nc1ccc(F)c(C(=O)c2c[nH]c3ncc(Br)cc23)c1F. The van der Waals surface area contributed by atoms with Crippen LogP contribution in [0.5, 0.6) is 0 Å². The first-order chi connectivity index (χ1) is 12.7. The molecule has 0 aliphatic heterocycles. The summed E-state index contributed by atoms with van der Waals surface area (Å²) in [5, 5.41) is 0.371. The van der Waals surface area contributed by atoms with Gasteiger partial charge in [-0.15, -0.1) is 0 Å². The smallest absolute Gasteiger partial charge is 0.237 e. The number of nitrogens with one attached hydrogen (secondary N) is 2. The highest BCUT2D eigenvalue weighted by molar-refractivity contribution is 9.10. The number of carbonyl (C=O) groups excluding carboxylic acids is 1. The van der Waals surface area contributed by atoms with Crippen molar-refractivity contribution >= 4 is 48.5 Å². The molecule has 1 aromatic carbocycles. The summed E-state index contributed by atoms with van der Waals surface area (Å²) < 4.78 is 55.3. The molecule has 10 heteroatoms. The lowest BCUT2D eigenvalue weighted by molar-refractivity contribution is 0.103. The van der Waals surface area contributed by atoms with Gasteiger partial charge in [-0.3, -0.25) is 9.52 Å². The number of carbonyl (C=O) groups is 1. The van der Waals surface area contributed by atoms with Crippen molar-refractivity contribution in [1.29, 1.82) is 0 Å². The topological polar surface area (TPSA) is 91.9 Å². The van der Waals surface area contributed by atoms with Gasteiger partial charge in [-0.2, -0.15) is 0 Å². The monoisotopic (exact) mass is 456 g/mol. The van der Waals surface area contributed by atoms with Crippen molar-refractivity contribution in [3.05, 3.63) is 64.8 Å². The number of benzene rings is 1. The number of anilines is 1. The lowest BCUT2D eigenvalue weighted by atomic mass is 10.0. The third-order valence-electron chi connectivity index (χ3n) is 3.74. The number of hydrogen-bond acceptors (Lipinski definition) is 4. The molecule has 3 rings (SSSR count). The fourth-order valence-corrected chi connectivity index (χ4v) is 3.85. The molecule has 140 valence electrons. The van der Waals surface area contributed by atoms with Crippen LogP contribution < -0.4 is 4.72 Å². The predicted octanol–water partition coefficient (Wildman–Crippen LogP) is 3.80. The number of pyridine rings is 1. The molecule has 0 saturated heterocycles. The van der Waals surface area contributed by atoms with Crippen LogP contribution in [-0.2, 0) is 10.0 Å². The number of sulfonamides is 1. The maximum Gasteiger partial charge on any atom is 0.237 e. The third-order valence-corrected chi connectivity index (χ3v) is 5.53. The van der Waals surface area contributed by atoms with Crippen LogP contribution in [-0.4, -0.2) is 29.9 Å². The molecule has 2 N–H and O–H groups in total. The molecule has 0 fully saturated rings. The summed E-state index contributed by atoms with van der Waals surface area (Å²) in [5.74, 6) is -3.66. The fraction of sp³-hybridized carbons (Fsp3) is 0.118. The van der Waals surface area contributed by atoms with Gasteiger partial charge in [-0.25, -0.2) is 22.2 Å². The second-order valence-electron chi connectivity index (χ2n) is 5.64. The number of halogens is 3. The largest absolute Gasteiger partial charge is 0.345 e. The first-order valence-corrected chi connectivity index (χ1v) is 10.1. The predicted molar refractivity (Wildman–Crippen MR) is 101 cm³/mol. The molecule has 0 saturated carbocycles. The molecule has 0 amide bonds. The molecule has 0 aliphatic rings. The second-order valence-corrected chi connectivity index (χ2v) is 8.40. The van der Waals surface area contributed by atoms with E-state index < -0.39 is 38.7 Å². The average Bonchev–Trinajstić information content (AvgIpc) is 3.00. The van der Waals surface area contributed by atoms with Crippen molar-refractivity contribution in [2.45, 2.75) is 6.42 Å². The molecule has 0 radical (unpaired) electrons. The zero-order valence-corrected chi connectivity index (χ0v) is 16.1. The first kappa shape index (κ1) is 19.3. The Hall–Kier alpha value is -2.46. The number of aromatic amines is 1. The minimum absolute atomic E-state index is 0.00867. The van der Waals surface area contributed by atoms with E-state index in [2.05, 4.69) is 32.8 Å². The van der Waals surface area contributed by atoms with E-state index in [0.717, 1.165) is 12.1 Å². The lowest BCUT2D eigenvalue weighted by Crippen LogP contribution is -2.18. The molecule has 0 unspecified atom stereocenters. The zero-order valence-electron chi connectivity index (χ0n) is 13.7. The molecule has 2 heterocycles. The Bertz CT molecular complexity index is 1150. The number of rotatable bonds is 6. The van der Waals surface area contributed by atoms with Crippen LogP contribution in [0.2, 0.25) is 0 Å². The molecule has 3 aromatic rings. The maximum absolute atomic E-state index is 14.8. The standard InChI is InChI=1S/C17H12BrF2N3O3S/c1-2-5-27(25,26)23-13-4-3-12(19)14(15(13)20)16(24)11-8-22-17-10(11)6-9(18)7-21-17/h3-4,6-8,23H,1-2,5H2/p+1. The number of nitrogens with zero attached hydrogens (tertiary/aromatic N) is 1. The number of fused-ring (bicyclic) bond motifs is 1. The Morgan fingerprint density at radius 3 is 2.78 bits per heavy atom. The number of aromatic nitrogens is 2. The highest BCUT2D eigenvalue weighted by Gasteiger charge is 2.26. The van der Waals surface area contributed by atoms with Gasteiger partial charge in [-0.05, 0) is 34.1 Å².